The number of hydrogen-bond acceptors (Lipinski definition) is 3. The van der Waals surface area contributed by atoms with E-state index in [-0.39, 0.29) is 0 Å². The number of hydrogen-bond donors (Lipinski definition) is 0. The number of nitrogens with zero attached hydrogens (tertiary/aromatic N) is 3. The van der Waals surface area contributed by atoms with Crippen molar-refractivity contribution in [2.45, 2.75) is 0 Å². The van der Waals surface area contributed by atoms with Crippen LogP contribution in [0.15, 0.2) is 60.9 Å². The van der Waals surface area contributed by atoms with E-state index in [1.165, 1.54) is 22.8 Å². The fraction of sp³-hybridized carbons (Fsp3) is 0.211. The summed E-state index contributed by atoms with van der Waals surface area (Å²) in [5.41, 5.74) is 4.56. The molecule has 24 heavy (non-hydrogen) atoms. The van der Waals surface area contributed by atoms with E-state index < -0.39 is 0 Å². The zero-order chi connectivity index (χ0) is 16.4. The minimum atomic E-state index is 0.716. The van der Waals surface area contributed by atoms with Gasteiger partial charge in [-0.15, -0.1) is 0 Å². The van der Waals surface area contributed by atoms with Crippen molar-refractivity contribution in [3.63, 3.8) is 0 Å². The number of anilines is 1. The Morgan fingerprint density at radius 2 is 1.71 bits per heavy atom. The average Bonchev–Trinajstić information content (AvgIpc) is 3.13. The van der Waals surface area contributed by atoms with E-state index in [9.17, 15) is 0 Å². The lowest BCUT2D eigenvalue weighted by molar-refractivity contribution is 0.859. The topological polar surface area (TPSA) is 21.1 Å². The fourth-order valence-corrected chi connectivity index (χ4v) is 4.01. The van der Waals surface area contributed by atoms with Gasteiger partial charge in [0, 0.05) is 47.1 Å². The third-order valence-corrected chi connectivity index (χ3v) is 5.41. The molecule has 122 valence electrons. The number of thioether (sulfide) groups is 1. The van der Waals surface area contributed by atoms with Crippen LogP contribution in [-0.2, 0) is 0 Å². The Morgan fingerprint density at radius 1 is 0.917 bits per heavy atom. The van der Waals surface area contributed by atoms with Gasteiger partial charge >= 0.3 is 0 Å². The van der Waals surface area contributed by atoms with E-state index in [1.807, 2.05) is 53.1 Å². The van der Waals surface area contributed by atoms with Gasteiger partial charge in [-0.25, -0.2) is 4.68 Å². The highest BCUT2D eigenvalue weighted by atomic mass is 35.5. The second kappa shape index (κ2) is 6.91. The summed E-state index contributed by atoms with van der Waals surface area (Å²) in [5.74, 6) is 2.43. The summed E-state index contributed by atoms with van der Waals surface area (Å²) in [6, 6.07) is 16.5. The molecule has 4 rings (SSSR count). The molecule has 3 nitrogen and oxygen atoms in total. The Hall–Kier alpha value is -1.91. The Kier molecular flexibility index (Phi) is 4.50. The first-order valence-corrected chi connectivity index (χ1v) is 9.57. The van der Waals surface area contributed by atoms with E-state index in [0.29, 0.717) is 5.02 Å². The van der Waals surface area contributed by atoms with E-state index in [2.05, 4.69) is 34.3 Å². The number of benzene rings is 2. The van der Waals surface area contributed by atoms with E-state index in [4.69, 9.17) is 11.6 Å². The first-order chi connectivity index (χ1) is 11.8. The lowest BCUT2D eigenvalue weighted by Crippen LogP contribution is -2.32. The predicted molar refractivity (Wildman–Crippen MR) is 104 cm³/mol. The predicted octanol–water partition coefficient (Wildman–Crippen LogP) is 4.75. The molecule has 0 aliphatic carbocycles. The van der Waals surface area contributed by atoms with Crippen LogP contribution in [0, 0.1) is 0 Å². The van der Waals surface area contributed by atoms with Gasteiger partial charge in [0.1, 0.15) is 0 Å². The third kappa shape index (κ3) is 3.30. The zero-order valence-electron chi connectivity index (χ0n) is 13.2. The van der Waals surface area contributed by atoms with Crippen molar-refractivity contribution in [1.29, 1.82) is 0 Å². The van der Waals surface area contributed by atoms with Crippen molar-refractivity contribution in [3.05, 3.63) is 65.9 Å². The van der Waals surface area contributed by atoms with Crippen LogP contribution in [0.3, 0.4) is 0 Å². The number of halogens is 1. The molecule has 1 fully saturated rings. The Balaban J connectivity index is 1.56. The zero-order valence-corrected chi connectivity index (χ0v) is 14.8. The molecule has 1 saturated heterocycles. The van der Waals surface area contributed by atoms with Gasteiger partial charge in [-0.1, -0.05) is 29.8 Å². The molecule has 1 aromatic heterocycles. The SMILES string of the molecule is Clc1cccc(-n2cc(-c3ccc(N4CCSCC4)cc3)cn2)c1. The van der Waals surface area contributed by atoms with Gasteiger partial charge in [0.2, 0.25) is 0 Å². The van der Waals surface area contributed by atoms with Crippen LogP contribution in [0.2, 0.25) is 5.02 Å². The third-order valence-electron chi connectivity index (χ3n) is 4.23. The smallest absolute Gasteiger partial charge is 0.0660 e. The second-order valence-electron chi connectivity index (χ2n) is 5.80. The van der Waals surface area contributed by atoms with Crippen molar-refractivity contribution in [1.82, 2.24) is 9.78 Å². The van der Waals surface area contributed by atoms with E-state index in [0.717, 1.165) is 24.3 Å². The van der Waals surface area contributed by atoms with Crippen LogP contribution >= 0.6 is 23.4 Å². The molecule has 0 spiro atoms. The maximum absolute atomic E-state index is 6.06. The molecule has 5 heteroatoms. The maximum atomic E-state index is 6.06. The lowest BCUT2D eigenvalue weighted by atomic mass is 10.1. The van der Waals surface area contributed by atoms with E-state index in [1.54, 1.807) is 0 Å². The number of aromatic nitrogens is 2. The van der Waals surface area contributed by atoms with Crippen molar-refractivity contribution in [2.75, 3.05) is 29.5 Å². The first kappa shape index (κ1) is 15.6. The molecule has 0 atom stereocenters. The summed E-state index contributed by atoms with van der Waals surface area (Å²) in [6.07, 6.45) is 3.94. The molecular formula is C19H18ClN3S. The van der Waals surface area contributed by atoms with Gasteiger partial charge in [0.05, 0.1) is 11.9 Å². The van der Waals surface area contributed by atoms with Gasteiger partial charge < -0.3 is 4.90 Å². The largest absolute Gasteiger partial charge is 0.370 e. The van der Waals surface area contributed by atoms with Gasteiger partial charge in [-0.3, -0.25) is 0 Å². The minimum absolute atomic E-state index is 0.716. The normalized spacial score (nSPS) is 14.8. The Bertz CT molecular complexity index is 823. The minimum Gasteiger partial charge on any atom is -0.370 e. The van der Waals surface area contributed by atoms with Crippen LogP contribution in [0.5, 0.6) is 0 Å². The molecule has 1 aliphatic rings. The summed E-state index contributed by atoms with van der Waals surface area (Å²) in [5, 5.41) is 5.18. The molecule has 0 saturated carbocycles. The Labute approximate surface area is 151 Å². The summed E-state index contributed by atoms with van der Waals surface area (Å²) in [7, 11) is 0. The highest BCUT2D eigenvalue weighted by Crippen LogP contribution is 2.25. The van der Waals surface area contributed by atoms with Gasteiger partial charge in [0.25, 0.3) is 0 Å². The summed E-state index contributed by atoms with van der Waals surface area (Å²) >= 11 is 8.10. The average molecular weight is 356 g/mol. The Morgan fingerprint density at radius 3 is 2.46 bits per heavy atom. The lowest BCUT2D eigenvalue weighted by Gasteiger charge is -2.28. The molecule has 0 bridgehead atoms. The van der Waals surface area contributed by atoms with Crippen LogP contribution in [0.25, 0.3) is 16.8 Å². The first-order valence-electron chi connectivity index (χ1n) is 8.03. The van der Waals surface area contributed by atoms with E-state index >= 15 is 0 Å². The highest BCUT2D eigenvalue weighted by Gasteiger charge is 2.11. The van der Waals surface area contributed by atoms with Crippen molar-refractivity contribution < 1.29 is 0 Å². The molecule has 2 aromatic carbocycles. The second-order valence-corrected chi connectivity index (χ2v) is 7.46. The van der Waals surface area contributed by atoms with Gasteiger partial charge in [-0.05, 0) is 35.9 Å². The molecule has 0 amide bonds. The van der Waals surface area contributed by atoms with Crippen molar-refractivity contribution in [2.24, 2.45) is 0 Å². The van der Waals surface area contributed by atoms with Crippen LogP contribution < -0.4 is 4.90 Å². The molecule has 3 aromatic rings. The molecule has 0 N–H and O–H groups in total. The quantitative estimate of drug-likeness (QED) is 0.676. The highest BCUT2D eigenvalue weighted by molar-refractivity contribution is 7.99. The molecule has 0 unspecified atom stereocenters. The summed E-state index contributed by atoms with van der Waals surface area (Å²) < 4.78 is 1.86. The van der Waals surface area contributed by atoms with Crippen molar-refractivity contribution in [3.8, 4) is 16.8 Å². The molecule has 0 radical (unpaired) electrons. The van der Waals surface area contributed by atoms with Crippen LogP contribution in [0.4, 0.5) is 5.69 Å². The fourth-order valence-electron chi connectivity index (χ4n) is 2.92. The molecule has 1 aliphatic heterocycles. The number of rotatable bonds is 3. The summed E-state index contributed by atoms with van der Waals surface area (Å²) in [6.45, 7) is 2.27. The monoisotopic (exact) mass is 355 g/mol. The van der Waals surface area contributed by atoms with Crippen LogP contribution in [0.1, 0.15) is 0 Å². The maximum Gasteiger partial charge on any atom is 0.0660 e. The van der Waals surface area contributed by atoms with Gasteiger partial charge in [0.15, 0.2) is 0 Å². The van der Waals surface area contributed by atoms with Crippen molar-refractivity contribution >= 4 is 29.1 Å². The summed E-state index contributed by atoms with van der Waals surface area (Å²) in [4.78, 5) is 2.45. The standard InChI is InChI=1S/C19H18ClN3S/c20-17-2-1-3-19(12-17)23-14-16(13-21-23)15-4-6-18(7-5-15)22-8-10-24-11-9-22/h1-7,12-14H,8-11H2. The molecule has 2 heterocycles. The molecular weight excluding hydrogens is 338 g/mol. The van der Waals surface area contributed by atoms with Gasteiger partial charge in [-0.2, -0.15) is 16.9 Å². The van der Waals surface area contributed by atoms with Crippen LogP contribution in [-0.4, -0.2) is 34.4 Å².